The van der Waals surface area contributed by atoms with Gasteiger partial charge in [-0.3, -0.25) is 0 Å². The lowest BCUT2D eigenvalue weighted by Crippen LogP contribution is -2.41. The highest BCUT2D eigenvalue weighted by molar-refractivity contribution is 7.89. The summed E-state index contributed by atoms with van der Waals surface area (Å²) in [6.07, 6.45) is -0.146. The van der Waals surface area contributed by atoms with Crippen molar-refractivity contribution in [1.29, 1.82) is 0 Å². The molecule has 0 saturated carbocycles. The molecular weight excluding hydrogens is 457 g/mol. The zero-order valence-electron chi connectivity index (χ0n) is 18.5. The fourth-order valence-electron chi connectivity index (χ4n) is 3.83. The Balaban J connectivity index is 1.68. The zero-order valence-corrected chi connectivity index (χ0v) is 19.3. The molecule has 34 heavy (non-hydrogen) atoms. The summed E-state index contributed by atoms with van der Waals surface area (Å²) in [5, 5.41) is 10.7. The summed E-state index contributed by atoms with van der Waals surface area (Å²) in [6.45, 7) is 1.46. The van der Waals surface area contributed by atoms with Crippen LogP contribution in [-0.4, -0.2) is 30.3 Å². The van der Waals surface area contributed by atoms with E-state index in [1.807, 2.05) is 25.1 Å². The Kier molecular flexibility index (Phi) is 6.81. The Morgan fingerprint density at radius 1 is 1.03 bits per heavy atom. The first kappa shape index (κ1) is 23.7. The van der Waals surface area contributed by atoms with E-state index in [0.29, 0.717) is 5.56 Å². The van der Waals surface area contributed by atoms with Crippen molar-refractivity contribution in [2.45, 2.75) is 30.9 Å². The maximum absolute atomic E-state index is 13.6. The first-order valence-corrected chi connectivity index (χ1v) is 12.2. The Morgan fingerprint density at radius 3 is 2.32 bits per heavy atom. The summed E-state index contributed by atoms with van der Waals surface area (Å²) in [5.41, 5.74) is 2.04. The van der Waals surface area contributed by atoms with Gasteiger partial charge in [-0.15, -0.1) is 0 Å². The van der Waals surface area contributed by atoms with Crippen LogP contribution in [-0.2, 0) is 26.2 Å². The van der Waals surface area contributed by atoms with Crippen molar-refractivity contribution >= 4 is 16.0 Å². The molecule has 0 aliphatic carbocycles. The summed E-state index contributed by atoms with van der Waals surface area (Å²) < 4.78 is 47.2. The van der Waals surface area contributed by atoms with Gasteiger partial charge in [-0.25, -0.2) is 17.6 Å². The zero-order chi connectivity index (χ0) is 24.3. The molecule has 0 radical (unpaired) electrons. The molecule has 1 atom stereocenters. The molecular formula is C26H24FNO5S. The molecule has 8 heteroatoms. The van der Waals surface area contributed by atoms with E-state index in [1.165, 1.54) is 36.4 Å². The molecule has 3 aromatic rings. The van der Waals surface area contributed by atoms with Crippen LogP contribution in [0.2, 0.25) is 0 Å². The van der Waals surface area contributed by atoms with Gasteiger partial charge in [-0.1, -0.05) is 60.2 Å². The Bertz CT molecular complexity index is 1300. The predicted molar refractivity (Wildman–Crippen MR) is 125 cm³/mol. The van der Waals surface area contributed by atoms with Gasteiger partial charge < -0.3 is 9.84 Å². The fourth-order valence-corrected chi connectivity index (χ4v) is 5.41. The molecule has 0 unspecified atom stereocenters. The Hall–Kier alpha value is -3.49. The number of hydrogen-bond acceptors (Lipinski definition) is 5. The van der Waals surface area contributed by atoms with Crippen LogP contribution in [0.15, 0.2) is 95.1 Å². The highest BCUT2D eigenvalue weighted by Crippen LogP contribution is 2.37. The van der Waals surface area contributed by atoms with E-state index in [4.69, 9.17) is 4.74 Å². The lowest BCUT2D eigenvalue weighted by molar-refractivity contribution is -0.141. The summed E-state index contributed by atoms with van der Waals surface area (Å²) >= 11 is 0. The van der Waals surface area contributed by atoms with Crippen LogP contribution in [0.1, 0.15) is 29.2 Å². The minimum Gasteiger partial charge on any atom is -0.512 e. The van der Waals surface area contributed by atoms with Crippen molar-refractivity contribution in [1.82, 2.24) is 4.31 Å². The molecule has 0 fully saturated rings. The van der Waals surface area contributed by atoms with E-state index >= 15 is 0 Å². The minimum absolute atomic E-state index is 0.0114. The molecule has 1 heterocycles. The van der Waals surface area contributed by atoms with E-state index in [0.717, 1.165) is 15.4 Å². The molecule has 1 N–H and O–H groups in total. The molecule has 1 aliphatic heterocycles. The number of esters is 1. The highest BCUT2D eigenvalue weighted by Gasteiger charge is 2.40. The van der Waals surface area contributed by atoms with E-state index in [1.54, 1.807) is 24.3 Å². The number of ether oxygens (including phenoxy) is 1. The average Bonchev–Trinajstić information content (AvgIpc) is 2.83. The molecule has 0 spiro atoms. The van der Waals surface area contributed by atoms with Gasteiger partial charge in [0.1, 0.15) is 18.2 Å². The smallest absolute Gasteiger partial charge is 0.339 e. The lowest BCUT2D eigenvalue weighted by Gasteiger charge is -2.35. The summed E-state index contributed by atoms with van der Waals surface area (Å²) in [4.78, 5) is 12.9. The number of aryl methyl sites for hydroxylation is 1. The van der Waals surface area contributed by atoms with Crippen molar-refractivity contribution in [3.8, 4) is 0 Å². The molecule has 0 bridgehead atoms. The molecule has 0 saturated heterocycles. The van der Waals surface area contributed by atoms with Crippen LogP contribution < -0.4 is 0 Å². The van der Waals surface area contributed by atoms with Crippen molar-refractivity contribution in [2.24, 2.45) is 0 Å². The number of aliphatic hydroxyl groups is 1. The summed E-state index contributed by atoms with van der Waals surface area (Å²) in [7, 11) is -4.06. The summed E-state index contributed by atoms with van der Waals surface area (Å²) in [5.74, 6) is -1.50. The number of hydrogen-bond donors (Lipinski definition) is 1. The molecule has 176 valence electrons. The third-order valence-electron chi connectivity index (χ3n) is 5.74. The number of nitrogens with zero attached hydrogens (tertiary/aromatic N) is 1. The molecule has 0 aromatic heterocycles. The van der Waals surface area contributed by atoms with E-state index in [-0.39, 0.29) is 35.8 Å². The highest BCUT2D eigenvalue weighted by atomic mass is 32.2. The van der Waals surface area contributed by atoms with Gasteiger partial charge in [0.05, 0.1) is 23.1 Å². The number of sulfonamides is 1. The molecule has 6 nitrogen and oxygen atoms in total. The second-order valence-electron chi connectivity index (χ2n) is 8.12. The standard InChI is InChI=1S/C26H24FNO5S/c1-18-7-13-22(14-8-18)34(31,32)28-16-23(26(30)33-17-19-5-3-2-4-6-19)25(29)15-24(28)20-9-11-21(27)12-10-20/h2-14,24,29H,15-17H2,1H3/t24-/m0/s1. The topological polar surface area (TPSA) is 83.9 Å². The SMILES string of the molecule is Cc1ccc(S(=O)(=O)N2CC(C(=O)OCc3ccccc3)=C(O)C[C@H]2c2ccc(F)cc2)cc1. The van der Waals surface area contributed by atoms with Crippen molar-refractivity contribution < 1.29 is 27.4 Å². The first-order valence-electron chi connectivity index (χ1n) is 10.7. The van der Waals surface area contributed by atoms with Crippen LogP contribution in [0.5, 0.6) is 0 Å². The van der Waals surface area contributed by atoms with Crippen molar-refractivity contribution in [3.63, 3.8) is 0 Å². The maximum atomic E-state index is 13.6. The van der Waals surface area contributed by atoms with Gasteiger partial charge in [0.25, 0.3) is 0 Å². The second-order valence-corrected chi connectivity index (χ2v) is 10.0. The third-order valence-corrected chi connectivity index (χ3v) is 7.61. The van der Waals surface area contributed by atoms with Crippen molar-refractivity contribution in [2.75, 3.05) is 6.54 Å². The minimum atomic E-state index is -4.06. The third kappa shape index (κ3) is 5.03. The maximum Gasteiger partial charge on any atom is 0.339 e. The second kappa shape index (κ2) is 9.79. The van der Waals surface area contributed by atoms with Gasteiger partial charge >= 0.3 is 5.97 Å². The van der Waals surface area contributed by atoms with Gasteiger partial charge in [0.15, 0.2) is 0 Å². The number of benzene rings is 3. The number of rotatable bonds is 6. The normalized spacial score (nSPS) is 16.9. The Labute approximate surface area is 198 Å². The van der Waals surface area contributed by atoms with E-state index in [2.05, 4.69) is 0 Å². The predicted octanol–water partition coefficient (Wildman–Crippen LogP) is 4.83. The van der Waals surface area contributed by atoms with Gasteiger partial charge in [-0.05, 0) is 42.3 Å². The van der Waals surface area contributed by atoms with E-state index < -0.39 is 27.9 Å². The Morgan fingerprint density at radius 2 is 1.68 bits per heavy atom. The summed E-state index contributed by atoms with van der Waals surface area (Å²) in [6, 6.07) is 20.0. The van der Waals surface area contributed by atoms with Crippen LogP contribution in [0.25, 0.3) is 0 Å². The number of aliphatic hydroxyl groups excluding tert-OH is 1. The number of halogens is 1. The molecule has 1 aliphatic rings. The van der Waals surface area contributed by atoms with Gasteiger partial charge in [-0.2, -0.15) is 4.31 Å². The van der Waals surface area contributed by atoms with Gasteiger partial charge in [0.2, 0.25) is 10.0 Å². The molecule has 4 rings (SSSR count). The average molecular weight is 482 g/mol. The number of carbonyl (C=O) groups is 1. The molecule has 0 amide bonds. The van der Waals surface area contributed by atoms with Crippen molar-refractivity contribution in [3.05, 3.63) is 113 Å². The fraction of sp³-hybridized carbons (Fsp3) is 0.192. The molecule has 3 aromatic carbocycles. The quantitative estimate of drug-likeness (QED) is 0.510. The van der Waals surface area contributed by atoms with Gasteiger partial charge in [0, 0.05) is 6.42 Å². The lowest BCUT2D eigenvalue weighted by atomic mass is 9.96. The van der Waals surface area contributed by atoms with Crippen LogP contribution >= 0.6 is 0 Å². The van der Waals surface area contributed by atoms with E-state index in [9.17, 15) is 22.7 Å². The first-order chi connectivity index (χ1) is 16.3. The van der Waals surface area contributed by atoms with Crippen LogP contribution in [0.4, 0.5) is 4.39 Å². The largest absolute Gasteiger partial charge is 0.512 e. The van der Waals surface area contributed by atoms with Crippen LogP contribution in [0, 0.1) is 12.7 Å². The monoisotopic (exact) mass is 481 g/mol. The number of carbonyl (C=O) groups excluding carboxylic acids is 1. The van der Waals surface area contributed by atoms with Crippen LogP contribution in [0.3, 0.4) is 0 Å².